The lowest BCUT2D eigenvalue weighted by Gasteiger charge is -2.37. The summed E-state index contributed by atoms with van der Waals surface area (Å²) in [6, 6.07) is 12.8. The maximum absolute atomic E-state index is 13.9. The molecular formula is C31H46N4O7S. The molecule has 0 unspecified atom stereocenters. The molecule has 0 saturated carbocycles. The Morgan fingerprint density at radius 1 is 1.00 bits per heavy atom. The number of aliphatic hydroxyl groups excluding tert-OH is 1. The minimum atomic E-state index is -4.09. The second kappa shape index (κ2) is 15.5. The first kappa shape index (κ1) is 34.3. The molecule has 0 radical (unpaired) electrons. The molecule has 3 rings (SSSR count). The van der Waals surface area contributed by atoms with E-state index in [2.05, 4.69) is 5.43 Å². The van der Waals surface area contributed by atoms with Crippen LogP contribution in [0.1, 0.15) is 46.1 Å². The second-order valence-electron chi connectivity index (χ2n) is 11.8. The fraction of sp³-hybridized carbons (Fsp3) is 0.548. The van der Waals surface area contributed by atoms with Gasteiger partial charge in [0.15, 0.2) is 11.5 Å². The van der Waals surface area contributed by atoms with Gasteiger partial charge in [0.25, 0.3) is 5.91 Å². The van der Waals surface area contributed by atoms with Crippen molar-refractivity contribution < 1.29 is 32.6 Å². The third-order valence-corrected chi connectivity index (χ3v) is 9.03. The van der Waals surface area contributed by atoms with E-state index in [-0.39, 0.29) is 61.9 Å². The predicted octanol–water partition coefficient (Wildman–Crippen LogP) is 2.89. The van der Waals surface area contributed by atoms with Gasteiger partial charge in [0.05, 0.1) is 23.6 Å². The Kier molecular flexibility index (Phi) is 12.4. The standard InChI is InChI=1S/C31H46N4O7S/c1-7-23(4)15-31(38)35(32-30(37)20-33(5)6)26(16-24-11-9-8-10-12-24)27(36)19-34(18-22(2)3)43(39,40)25-13-14-28-29(17-25)42-21-41-28/h8-14,17,22-23,26-27,36H,7,15-16,18-21H2,1-6H3,(H,32,37)/t23-,26-,27+/m0/s1. The highest BCUT2D eigenvalue weighted by molar-refractivity contribution is 7.89. The number of aliphatic hydroxyl groups is 1. The average Bonchev–Trinajstić information content (AvgIpc) is 3.42. The summed E-state index contributed by atoms with van der Waals surface area (Å²) in [6.45, 7) is 7.56. The largest absolute Gasteiger partial charge is 0.454 e. The molecule has 0 aromatic heterocycles. The van der Waals surface area contributed by atoms with Crippen LogP contribution in [0.3, 0.4) is 0 Å². The number of likely N-dealkylation sites (N-methyl/N-ethyl adjacent to an activating group) is 1. The van der Waals surface area contributed by atoms with E-state index in [1.54, 1.807) is 25.1 Å². The molecule has 3 atom stereocenters. The fourth-order valence-corrected chi connectivity index (χ4v) is 6.42. The number of nitrogens with one attached hydrogen (secondary N) is 1. The molecule has 1 heterocycles. The smallest absolute Gasteiger partial charge is 0.252 e. The molecule has 0 fully saturated rings. The van der Waals surface area contributed by atoms with Crippen LogP contribution in [0.4, 0.5) is 0 Å². The summed E-state index contributed by atoms with van der Waals surface area (Å²) in [4.78, 5) is 28.3. The van der Waals surface area contributed by atoms with Crippen molar-refractivity contribution in [3.8, 4) is 11.5 Å². The maximum Gasteiger partial charge on any atom is 0.252 e. The van der Waals surface area contributed by atoms with E-state index in [9.17, 15) is 23.1 Å². The van der Waals surface area contributed by atoms with Crippen LogP contribution in [-0.4, -0.2) is 92.2 Å². The molecule has 43 heavy (non-hydrogen) atoms. The second-order valence-corrected chi connectivity index (χ2v) is 13.7. The number of amides is 2. The van der Waals surface area contributed by atoms with Crippen LogP contribution in [0, 0.1) is 11.8 Å². The van der Waals surface area contributed by atoms with Gasteiger partial charge in [-0.2, -0.15) is 4.31 Å². The Morgan fingerprint density at radius 2 is 1.67 bits per heavy atom. The molecule has 0 bridgehead atoms. The molecule has 0 aliphatic carbocycles. The normalized spacial score (nSPS) is 15.0. The van der Waals surface area contributed by atoms with Gasteiger partial charge in [-0.25, -0.2) is 13.4 Å². The van der Waals surface area contributed by atoms with Gasteiger partial charge in [-0.15, -0.1) is 0 Å². The number of rotatable bonds is 15. The van der Waals surface area contributed by atoms with Gasteiger partial charge in [-0.3, -0.25) is 15.0 Å². The van der Waals surface area contributed by atoms with Crippen molar-refractivity contribution in [2.75, 3.05) is 40.5 Å². The van der Waals surface area contributed by atoms with Gasteiger partial charge in [0.1, 0.15) is 0 Å². The molecule has 2 aromatic carbocycles. The molecule has 2 aromatic rings. The Hall–Kier alpha value is -3.19. The number of sulfonamides is 1. The highest BCUT2D eigenvalue weighted by atomic mass is 32.2. The van der Waals surface area contributed by atoms with Gasteiger partial charge < -0.3 is 19.5 Å². The number of carbonyl (C=O) groups excluding carboxylic acids is 2. The van der Waals surface area contributed by atoms with E-state index in [1.807, 2.05) is 58.0 Å². The summed E-state index contributed by atoms with van der Waals surface area (Å²) in [5.41, 5.74) is 3.56. The maximum atomic E-state index is 13.9. The topological polar surface area (TPSA) is 129 Å². The van der Waals surface area contributed by atoms with Gasteiger partial charge in [-0.1, -0.05) is 64.4 Å². The van der Waals surface area contributed by atoms with E-state index in [0.29, 0.717) is 11.5 Å². The van der Waals surface area contributed by atoms with Crippen LogP contribution in [0.15, 0.2) is 53.4 Å². The first-order chi connectivity index (χ1) is 20.3. The van der Waals surface area contributed by atoms with Crippen molar-refractivity contribution >= 4 is 21.8 Å². The third kappa shape index (κ3) is 9.65. The zero-order valence-electron chi connectivity index (χ0n) is 26.0. The van der Waals surface area contributed by atoms with E-state index in [0.717, 1.165) is 12.0 Å². The fourth-order valence-electron chi connectivity index (χ4n) is 4.78. The molecular weight excluding hydrogens is 572 g/mol. The van der Waals surface area contributed by atoms with Crippen molar-refractivity contribution in [3.63, 3.8) is 0 Å². The van der Waals surface area contributed by atoms with Crippen molar-refractivity contribution in [1.29, 1.82) is 0 Å². The lowest BCUT2D eigenvalue weighted by atomic mass is 9.98. The van der Waals surface area contributed by atoms with Crippen LogP contribution < -0.4 is 14.9 Å². The lowest BCUT2D eigenvalue weighted by Crippen LogP contribution is -2.60. The monoisotopic (exact) mass is 618 g/mol. The number of carbonyl (C=O) groups is 2. The average molecular weight is 619 g/mol. The number of nitrogens with zero attached hydrogens (tertiary/aromatic N) is 3. The molecule has 2 amide bonds. The van der Waals surface area contributed by atoms with E-state index < -0.39 is 28.1 Å². The summed E-state index contributed by atoms with van der Waals surface area (Å²) >= 11 is 0. The van der Waals surface area contributed by atoms with Crippen LogP contribution in [0.2, 0.25) is 0 Å². The Labute approximate surface area is 255 Å². The van der Waals surface area contributed by atoms with E-state index >= 15 is 0 Å². The molecule has 238 valence electrons. The lowest BCUT2D eigenvalue weighted by molar-refractivity contribution is -0.148. The number of hydrogen-bond donors (Lipinski definition) is 2. The van der Waals surface area contributed by atoms with Crippen molar-refractivity contribution in [2.45, 2.75) is 64.0 Å². The number of hydrazine groups is 1. The molecule has 12 heteroatoms. The van der Waals surface area contributed by atoms with Crippen LogP contribution in [-0.2, 0) is 26.0 Å². The molecule has 1 aliphatic rings. The van der Waals surface area contributed by atoms with Crippen LogP contribution in [0.5, 0.6) is 11.5 Å². The van der Waals surface area contributed by atoms with Gasteiger partial charge in [0, 0.05) is 25.6 Å². The first-order valence-electron chi connectivity index (χ1n) is 14.7. The molecule has 0 spiro atoms. The van der Waals surface area contributed by atoms with E-state index in [1.165, 1.54) is 21.4 Å². The van der Waals surface area contributed by atoms with Crippen LogP contribution in [0.25, 0.3) is 0 Å². The van der Waals surface area contributed by atoms with E-state index in [4.69, 9.17) is 9.47 Å². The van der Waals surface area contributed by atoms with Gasteiger partial charge in [0.2, 0.25) is 22.7 Å². The highest BCUT2D eigenvalue weighted by Crippen LogP contribution is 2.35. The van der Waals surface area contributed by atoms with Gasteiger partial charge in [-0.05, 0) is 50.0 Å². The zero-order valence-corrected chi connectivity index (χ0v) is 26.8. The van der Waals surface area contributed by atoms with Crippen molar-refractivity contribution in [2.24, 2.45) is 11.8 Å². The van der Waals surface area contributed by atoms with Crippen molar-refractivity contribution in [3.05, 3.63) is 54.1 Å². The first-order valence-corrected chi connectivity index (χ1v) is 16.1. The number of fused-ring (bicyclic) bond motifs is 1. The predicted molar refractivity (Wildman–Crippen MR) is 164 cm³/mol. The summed E-state index contributed by atoms with van der Waals surface area (Å²) in [7, 11) is -0.603. The number of ether oxygens (including phenoxy) is 2. The molecule has 2 N–H and O–H groups in total. The molecule has 11 nitrogen and oxygen atoms in total. The minimum Gasteiger partial charge on any atom is -0.454 e. The summed E-state index contributed by atoms with van der Waals surface area (Å²) in [5, 5.41) is 13.0. The quantitative estimate of drug-likeness (QED) is 0.292. The Balaban J connectivity index is 2.00. The zero-order chi connectivity index (χ0) is 31.7. The summed E-state index contributed by atoms with van der Waals surface area (Å²) < 4.78 is 39.8. The Bertz CT molecular complexity index is 1320. The third-order valence-electron chi connectivity index (χ3n) is 7.20. The highest BCUT2D eigenvalue weighted by Gasteiger charge is 2.36. The summed E-state index contributed by atoms with van der Waals surface area (Å²) in [5.74, 6) is 0.000540. The van der Waals surface area contributed by atoms with Gasteiger partial charge >= 0.3 is 0 Å². The summed E-state index contributed by atoms with van der Waals surface area (Å²) in [6.07, 6.45) is -0.242. The number of hydrogen-bond acceptors (Lipinski definition) is 8. The SMILES string of the molecule is CC[C@H](C)CC(=O)N(NC(=O)CN(C)C)[C@@H](Cc1ccccc1)[C@H](O)CN(CC(C)C)S(=O)(=O)c1ccc2c(c1)OCO2. The van der Waals surface area contributed by atoms with Crippen LogP contribution >= 0.6 is 0 Å². The molecule has 0 saturated heterocycles. The number of benzene rings is 2. The molecule has 1 aliphatic heterocycles. The Morgan fingerprint density at radius 3 is 2.30 bits per heavy atom. The minimum absolute atomic E-state index is 0.00759. The van der Waals surface area contributed by atoms with Crippen molar-refractivity contribution in [1.82, 2.24) is 19.6 Å².